The zero-order chi connectivity index (χ0) is 14.7. The number of nitrogens with one attached hydrogen (secondary N) is 1. The van der Waals surface area contributed by atoms with Gasteiger partial charge in [-0.05, 0) is 37.0 Å². The molecule has 1 aromatic carbocycles. The van der Waals surface area contributed by atoms with Crippen molar-refractivity contribution < 1.29 is 9.13 Å². The first kappa shape index (κ1) is 14.8. The van der Waals surface area contributed by atoms with Gasteiger partial charge in [-0.2, -0.15) is 0 Å². The number of methoxy groups -OCH3 is 1. The lowest BCUT2D eigenvalue weighted by molar-refractivity contribution is 0.122. The summed E-state index contributed by atoms with van der Waals surface area (Å²) in [6.07, 6.45) is 4.98. The molecule has 1 N–H and O–H groups in total. The van der Waals surface area contributed by atoms with Crippen LogP contribution in [0, 0.1) is 11.7 Å². The van der Waals surface area contributed by atoms with Gasteiger partial charge in [-0.25, -0.2) is 4.39 Å². The Morgan fingerprint density at radius 2 is 1.95 bits per heavy atom. The summed E-state index contributed by atoms with van der Waals surface area (Å²) in [6, 6.07) is 5.37. The van der Waals surface area contributed by atoms with Gasteiger partial charge in [0.1, 0.15) is 11.6 Å². The van der Waals surface area contributed by atoms with E-state index in [9.17, 15) is 4.39 Å². The summed E-state index contributed by atoms with van der Waals surface area (Å²) in [7, 11) is 1.65. The van der Waals surface area contributed by atoms with Crippen LogP contribution in [0.5, 0.6) is 5.75 Å². The van der Waals surface area contributed by atoms with Crippen LogP contribution in [-0.4, -0.2) is 38.2 Å². The Hall–Kier alpha value is -1.13. The van der Waals surface area contributed by atoms with E-state index in [0.29, 0.717) is 5.92 Å². The summed E-state index contributed by atoms with van der Waals surface area (Å²) in [5.74, 6) is 1.24. The molecule has 0 unspecified atom stereocenters. The predicted octanol–water partition coefficient (Wildman–Crippen LogP) is 2.97. The van der Waals surface area contributed by atoms with Crippen molar-refractivity contribution in [1.82, 2.24) is 10.2 Å². The van der Waals surface area contributed by atoms with E-state index >= 15 is 0 Å². The first-order valence-electron chi connectivity index (χ1n) is 8.08. The van der Waals surface area contributed by atoms with Crippen molar-refractivity contribution in [3.05, 3.63) is 29.6 Å². The lowest BCUT2D eigenvalue weighted by Crippen LogP contribution is -2.46. The number of piperazine rings is 1. The van der Waals surface area contributed by atoms with Gasteiger partial charge in [0.15, 0.2) is 0 Å². The van der Waals surface area contributed by atoms with Crippen molar-refractivity contribution in [3.63, 3.8) is 0 Å². The largest absolute Gasteiger partial charge is 0.497 e. The van der Waals surface area contributed by atoms with Gasteiger partial charge in [-0.3, -0.25) is 4.90 Å². The van der Waals surface area contributed by atoms with E-state index in [1.807, 2.05) is 6.07 Å². The quantitative estimate of drug-likeness (QED) is 0.923. The number of nitrogens with zero attached hydrogens (tertiary/aromatic N) is 1. The van der Waals surface area contributed by atoms with Gasteiger partial charge in [0, 0.05) is 37.8 Å². The van der Waals surface area contributed by atoms with E-state index in [1.54, 1.807) is 19.2 Å². The van der Waals surface area contributed by atoms with Crippen molar-refractivity contribution >= 4 is 0 Å². The Morgan fingerprint density at radius 1 is 1.24 bits per heavy atom. The number of halogens is 1. The molecule has 21 heavy (non-hydrogen) atoms. The van der Waals surface area contributed by atoms with E-state index in [-0.39, 0.29) is 11.9 Å². The molecular weight excluding hydrogens is 267 g/mol. The van der Waals surface area contributed by atoms with E-state index in [0.717, 1.165) is 37.5 Å². The van der Waals surface area contributed by atoms with Gasteiger partial charge in [0.2, 0.25) is 0 Å². The second-order valence-corrected chi connectivity index (χ2v) is 6.16. The van der Waals surface area contributed by atoms with Crippen LogP contribution >= 0.6 is 0 Å². The fourth-order valence-corrected chi connectivity index (χ4v) is 3.86. The normalized spacial score (nSPS) is 22.4. The molecule has 116 valence electrons. The standard InChI is InChI=1S/C17H25FN2O/c1-21-14-6-7-16(18)15(12-14)17(13-4-2-3-5-13)20-10-8-19-9-11-20/h6-7,12-13,17,19H,2-5,8-11H2,1H3/t17-/m1/s1. The highest BCUT2D eigenvalue weighted by Crippen LogP contribution is 2.41. The van der Waals surface area contributed by atoms with Crippen LogP contribution < -0.4 is 10.1 Å². The van der Waals surface area contributed by atoms with Crippen LogP contribution in [0.3, 0.4) is 0 Å². The number of hydrogen-bond donors (Lipinski definition) is 1. The topological polar surface area (TPSA) is 24.5 Å². The first-order chi connectivity index (χ1) is 10.3. The fraction of sp³-hybridized carbons (Fsp3) is 0.647. The Morgan fingerprint density at radius 3 is 2.62 bits per heavy atom. The molecule has 1 heterocycles. The molecular formula is C17H25FN2O. The summed E-state index contributed by atoms with van der Waals surface area (Å²) in [5.41, 5.74) is 0.822. The van der Waals surface area contributed by atoms with Crippen molar-refractivity contribution in [1.29, 1.82) is 0 Å². The fourth-order valence-electron chi connectivity index (χ4n) is 3.86. The Balaban J connectivity index is 1.93. The maximum atomic E-state index is 14.5. The average Bonchev–Trinajstić information content (AvgIpc) is 3.04. The lowest BCUT2D eigenvalue weighted by Gasteiger charge is -2.38. The van der Waals surface area contributed by atoms with Crippen LogP contribution in [-0.2, 0) is 0 Å². The molecule has 2 aliphatic rings. The average molecular weight is 292 g/mol. The predicted molar refractivity (Wildman–Crippen MR) is 82.1 cm³/mol. The van der Waals surface area contributed by atoms with E-state index in [1.165, 1.54) is 25.7 Å². The zero-order valence-corrected chi connectivity index (χ0v) is 12.8. The van der Waals surface area contributed by atoms with E-state index in [4.69, 9.17) is 4.74 Å². The molecule has 0 bridgehead atoms. The minimum absolute atomic E-state index is 0.0915. The van der Waals surface area contributed by atoms with Crippen molar-refractivity contribution in [3.8, 4) is 5.75 Å². The van der Waals surface area contributed by atoms with E-state index < -0.39 is 0 Å². The van der Waals surface area contributed by atoms with Crippen LogP contribution in [0.1, 0.15) is 37.3 Å². The maximum Gasteiger partial charge on any atom is 0.128 e. The molecule has 0 aromatic heterocycles. The number of benzene rings is 1. The molecule has 0 radical (unpaired) electrons. The molecule has 1 atom stereocenters. The Kier molecular flexibility index (Phi) is 4.76. The third-order valence-corrected chi connectivity index (χ3v) is 4.91. The third-order valence-electron chi connectivity index (χ3n) is 4.91. The second-order valence-electron chi connectivity index (χ2n) is 6.16. The minimum atomic E-state index is -0.0915. The van der Waals surface area contributed by atoms with Crippen molar-refractivity contribution in [2.24, 2.45) is 5.92 Å². The second kappa shape index (κ2) is 6.75. The molecule has 1 aliphatic carbocycles. The Labute approximate surface area is 126 Å². The molecule has 3 nitrogen and oxygen atoms in total. The Bertz CT molecular complexity index is 468. The molecule has 4 heteroatoms. The molecule has 1 aliphatic heterocycles. The van der Waals surface area contributed by atoms with Gasteiger partial charge in [0.25, 0.3) is 0 Å². The number of hydrogen-bond acceptors (Lipinski definition) is 3. The third kappa shape index (κ3) is 3.22. The lowest BCUT2D eigenvalue weighted by atomic mass is 9.89. The van der Waals surface area contributed by atoms with Gasteiger partial charge in [-0.1, -0.05) is 12.8 Å². The summed E-state index contributed by atoms with van der Waals surface area (Å²) >= 11 is 0. The highest BCUT2D eigenvalue weighted by atomic mass is 19.1. The maximum absolute atomic E-state index is 14.5. The van der Waals surface area contributed by atoms with Gasteiger partial charge >= 0.3 is 0 Å². The van der Waals surface area contributed by atoms with Gasteiger partial charge < -0.3 is 10.1 Å². The van der Waals surface area contributed by atoms with Gasteiger partial charge in [0.05, 0.1) is 7.11 Å². The van der Waals surface area contributed by atoms with Crippen LogP contribution in [0.4, 0.5) is 4.39 Å². The summed E-state index contributed by atoms with van der Waals surface area (Å²) in [4.78, 5) is 2.46. The number of ether oxygens (including phenoxy) is 1. The highest BCUT2D eigenvalue weighted by Gasteiger charge is 2.33. The smallest absolute Gasteiger partial charge is 0.128 e. The molecule has 3 rings (SSSR count). The number of rotatable bonds is 4. The molecule has 2 fully saturated rings. The summed E-state index contributed by atoms with van der Waals surface area (Å²) < 4.78 is 19.8. The first-order valence-corrected chi connectivity index (χ1v) is 8.08. The highest BCUT2D eigenvalue weighted by molar-refractivity contribution is 5.32. The van der Waals surface area contributed by atoms with Crippen molar-refractivity contribution in [2.45, 2.75) is 31.7 Å². The van der Waals surface area contributed by atoms with Gasteiger partial charge in [-0.15, -0.1) is 0 Å². The molecule has 1 aromatic rings. The minimum Gasteiger partial charge on any atom is -0.497 e. The summed E-state index contributed by atoms with van der Waals surface area (Å²) in [5, 5.41) is 3.39. The molecule has 1 saturated carbocycles. The SMILES string of the molecule is COc1ccc(F)c([C@@H](C2CCCC2)N2CCNCC2)c1. The monoisotopic (exact) mass is 292 g/mol. The molecule has 0 spiro atoms. The summed E-state index contributed by atoms with van der Waals surface area (Å²) in [6.45, 7) is 3.99. The van der Waals surface area contributed by atoms with E-state index in [2.05, 4.69) is 10.2 Å². The zero-order valence-electron chi connectivity index (χ0n) is 12.8. The molecule has 0 amide bonds. The van der Waals surface area contributed by atoms with Crippen molar-refractivity contribution in [2.75, 3.05) is 33.3 Å². The molecule has 1 saturated heterocycles. The van der Waals surface area contributed by atoms with Crippen LogP contribution in [0.25, 0.3) is 0 Å². The van der Waals surface area contributed by atoms with Crippen LogP contribution in [0.2, 0.25) is 0 Å². The van der Waals surface area contributed by atoms with Crippen LogP contribution in [0.15, 0.2) is 18.2 Å².